The first-order valence-corrected chi connectivity index (χ1v) is 9.39. The van der Waals surface area contributed by atoms with Gasteiger partial charge >= 0.3 is 0 Å². The van der Waals surface area contributed by atoms with Crippen molar-refractivity contribution in [2.75, 3.05) is 14.1 Å². The third-order valence-electron chi connectivity index (χ3n) is 5.68. The van der Waals surface area contributed by atoms with Crippen molar-refractivity contribution in [1.29, 1.82) is 0 Å². The van der Waals surface area contributed by atoms with E-state index in [1.165, 1.54) is 11.1 Å². The molecule has 0 fully saturated rings. The van der Waals surface area contributed by atoms with Gasteiger partial charge in [-0.2, -0.15) is 0 Å². The molecule has 0 radical (unpaired) electrons. The van der Waals surface area contributed by atoms with Crippen molar-refractivity contribution < 1.29 is 9.90 Å². The molecular weight excluding hydrogens is 322 g/mol. The number of carboxylic acid groups (broad SMARTS) is 1. The highest BCUT2D eigenvalue weighted by molar-refractivity contribution is 5.65. The zero-order chi connectivity index (χ0) is 19.2. The van der Waals surface area contributed by atoms with Gasteiger partial charge in [0, 0.05) is 17.4 Å². The van der Waals surface area contributed by atoms with E-state index in [4.69, 9.17) is 0 Å². The second-order valence-corrected chi connectivity index (χ2v) is 7.40. The Hall–Kier alpha value is -2.13. The Morgan fingerprint density at radius 2 is 1.46 bits per heavy atom. The fraction of sp³-hybridized carbons (Fsp3) is 0.435. The number of carbonyl (C=O) groups is 1. The van der Waals surface area contributed by atoms with Crippen LogP contribution in [0.3, 0.4) is 0 Å². The van der Waals surface area contributed by atoms with Crippen molar-refractivity contribution in [2.24, 2.45) is 5.92 Å². The van der Waals surface area contributed by atoms with E-state index in [1.54, 1.807) is 0 Å². The lowest BCUT2D eigenvalue weighted by molar-refractivity contribution is -0.307. The van der Waals surface area contributed by atoms with Crippen molar-refractivity contribution >= 4 is 5.97 Å². The molecule has 0 heterocycles. The van der Waals surface area contributed by atoms with Gasteiger partial charge in [-0.15, -0.1) is 0 Å². The molecule has 2 rings (SSSR count). The lowest BCUT2D eigenvalue weighted by atomic mass is 9.61. The normalized spacial score (nSPS) is 14.2. The Balaban J connectivity index is 2.71. The number of rotatable bonds is 9. The van der Waals surface area contributed by atoms with Crippen LogP contribution >= 0.6 is 0 Å². The third-order valence-corrected chi connectivity index (χ3v) is 5.68. The SMILES string of the molecule is CCC(CC(=O)[O-])C(CC(C)N(C)C)(c1ccccc1)c1ccccc1. The van der Waals surface area contributed by atoms with Gasteiger partial charge in [0.15, 0.2) is 0 Å². The average molecular weight is 352 g/mol. The minimum Gasteiger partial charge on any atom is -0.550 e. The summed E-state index contributed by atoms with van der Waals surface area (Å²) in [5, 5.41) is 11.6. The Labute approximate surface area is 157 Å². The highest BCUT2D eigenvalue weighted by atomic mass is 16.4. The molecule has 0 aliphatic carbocycles. The van der Waals surface area contributed by atoms with Gasteiger partial charge < -0.3 is 14.8 Å². The molecule has 2 aromatic carbocycles. The summed E-state index contributed by atoms with van der Waals surface area (Å²) in [6.07, 6.45) is 1.68. The number of aliphatic carboxylic acids is 1. The molecule has 2 aromatic rings. The van der Waals surface area contributed by atoms with Gasteiger partial charge in [0.2, 0.25) is 0 Å². The Morgan fingerprint density at radius 1 is 1.00 bits per heavy atom. The molecule has 0 aromatic heterocycles. The number of benzene rings is 2. The van der Waals surface area contributed by atoms with Crippen LogP contribution in [0.15, 0.2) is 60.7 Å². The predicted molar refractivity (Wildman–Crippen MR) is 105 cm³/mol. The minimum absolute atomic E-state index is 0.0419. The topological polar surface area (TPSA) is 43.4 Å². The minimum atomic E-state index is -0.981. The molecule has 0 aliphatic heterocycles. The van der Waals surface area contributed by atoms with E-state index >= 15 is 0 Å². The largest absolute Gasteiger partial charge is 0.550 e. The summed E-state index contributed by atoms with van der Waals surface area (Å²) >= 11 is 0. The fourth-order valence-corrected chi connectivity index (χ4v) is 4.03. The van der Waals surface area contributed by atoms with Crippen molar-refractivity contribution in [1.82, 2.24) is 4.90 Å². The molecule has 2 unspecified atom stereocenters. The van der Waals surface area contributed by atoms with Crippen molar-refractivity contribution in [3.8, 4) is 0 Å². The molecule has 0 amide bonds. The van der Waals surface area contributed by atoms with Gasteiger partial charge in [0.1, 0.15) is 0 Å². The van der Waals surface area contributed by atoms with Crippen LogP contribution in [0.2, 0.25) is 0 Å². The highest BCUT2D eigenvalue weighted by Gasteiger charge is 2.42. The molecular formula is C23H30NO2-. The van der Waals surface area contributed by atoms with Crippen molar-refractivity contribution in [3.63, 3.8) is 0 Å². The lowest BCUT2D eigenvalue weighted by Gasteiger charge is -2.45. The van der Waals surface area contributed by atoms with Crippen LogP contribution in [0.1, 0.15) is 44.2 Å². The second-order valence-electron chi connectivity index (χ2n) is 7.40. The first-order valence-electron chi connectivity index (χ1n) is 9.39. The van der Waals surface area contributed by atoms with Crippen LogP contribution in [-0.2, 0) is 10.2 Å². The molecule has 0 N–H and O–H groups in total. The van der Waals surface area contributed by atoms with Gasteiger partial charge in [-0.3, -0.25) is 0 Å². The molecule has 26 heavy (non-hydrogen) atoms. The van der Waals surface area contributed by atoms with Crippen LogP contribution in [-0.4, -0.2) is 31.0 Å². The third kappa shape index (κ3) is 4.34. The van der Waals surface area contributed by atoms with Crippen molar-refractivity contribution in [2.45, 2.75) is 44.6 Å². The summed E-state index contributed by atoms with van der Waals surface area (Å²) in [7, 11) is 4.15. The Morgan fingerprint density at radius 3 is 1.81 bits per heavy atom. The summed E-state index contributed by atoms with van der Waals surface area (Å²) < 4.78 is 0. The molecule has 3 heteroatoms. The smallest absolute Gasteiger partial charge is 0.0417 e. The van der Waals surface area contributed by atoms with E-state index in [-0.39, 0.29) is 17.8 Å². The maximum atomic E-state index is 11.6. The lowest BCUT2D eigenvalue weighted by Crippen LogP contribution is -2.44. The van der Waals surface area contributed by atoms with E-state index in [2.05, 4.69) is 57.1 Å². The van der Waals surface area contributed by atoms with Crippen LogP contribution in [0.25, 0.3) is 0 Å². The van der Waals surface area contributed by atoms with Crippen molar-refractivity contribution in [3.05, 3.63) is 71.8 Å². The van der Waals surface area contributed by atoms with Gasteiger partial charge in [-0.1, -0.05) is 74.0 Å². The average Bonchev–Trinajstić information content (AvgIpc) is 2.65. The van der Waals surface area contributed by atoms with E-state index in [0.717, 1.165) is 12.8 Å². The molecule has 2 atom stereocenters. The molecule has 140 valence electrons. The summed E-state index contributed by atoms with van der Waals surface area (Å²) in [6, 6.07) is 21.0. The summed E-state index contributed by atoms with van der Waals surface area (Å²) in [5.41, 5.74) is 1.97. The number of hydrogen-bond acceptors (Lipinski definition) is 3. The van der Waals surface area contributed by atoms with E-state index in [9.17, 15) is 9.90 Å². The van der Waals surface area contributed by atoms with Crippen LogP contribution < -0.4 is 5.11 Å². The quantitative estimate of drug-likeness (QED) is 0.694. The van der Waals surface area contributed by atoms with Gasteiger partial charge in [0.05, 0.1) is 0 Å². The molecule has 0 saturated carbocycles. The maximum Gasteiger partial charge on any atom is 0.0417 e. The molecule has 0 saturated heterocycles. The van der Waals surface area contributed by atoms with Crippen LogP contribution in [0.4, 0.5) is 0 Å². The number of carbonyl (C=O) groups excluding carboxylic acids is 1. The monoisotopic (exact) mass is 352 g/mol. The first kappa shape index (κ1) is 20.2. The van der Waals surface area contributed by atoms with Gasteiger partial charge in [0.25, 0.3) is 0 Å². The molecule has 0 bridgehead atoms. The Kier molecular flexibility index (Phi) is 6.98. The molecule has 0 aliphatic rings. The van der Waals surface area contributed by atoms with E-state index in [0.29, 0.717) is 6.04 Å². The van der Waals surface area contributed by atoms with Crippen LogP contribution in [0, 0.1) is 5.92 Å². The highest BCUT2D eigenvalue weighted by Crippen LogP contribution is 2.46. The van der Waals surface area contributed by atoms with Gasteiger partial charge in [-0.25, -0.2) is 0 Å². The zero-order valence-electron chi connectivity index (χ0n) is 16.3. The molecule has 3 nitrogen and oxygen atoms in total. The standard InChI is InChI=1S/C23H31NO2/c1-5-19(16-22(25)26)23(17-18(2)24(3)4,20-12-8-6-9-13-20)21-14-10-7-11-15-21/h6-15,18-19H,5,16-17H2,1-4H3,(H,25,26)/p-1. The summed E-state index contributed by atoms with van der Waals surface area (Å²) in [4.78, 5) is 13.8. The fourth-order valence-electron chi connectivity index (χ4n) is 4.03. The number of hydrogen-bond donors (Lipinski definition) is 0. The first-order chi connectivity index (χ1) is 12.4. The summed E-state index contributed by atoms with van der Waals surface area (Å²) in [5.74, 6) is -1.02. The Bertz CT molecular complexity index is 642. The maximum absolute atomic E-state index is 11.6. The molecule has 0 spiro atoms. The van der Waals surface area contributed by atoms with E-state index in [1.807, 2.05) is 36.4 Å². The predicted octanol–water partition coefficient (Wildman–Crippen LogP) is 3.48. The zero-order valence-corrected chi connectivity index (χ0v) is 16.3. The second kappa shape index (κ2) is 9.00. The van der Waals surface area contributed by atoms with Gasteiger partial charge in [-0.05, 0) is 50.9 Å². The number of carboxylic acids is 1. The summed E-state index contributed by atoms with van der Waals surface area (Å²) in [6.45, 7) is 4.28. The number of nitrogens with zero attached hydrogens (tertiary/aromatic N) is 1. The van der Waals surface area contributed by atoms with Crippen LogP contribution in [0.5, 0.6) is 0 Å². The van der Waals surface area contributed by atoms with E-state index < -0.39 is 5.97 Å².